The maximum absolute atomic E-state index is 11.8. The number of hydrogen-bond donors (Lipinski definition) is 4. The zero-order chi connectivity index (χ0) is 25.9. The van der Waals surface area contributed by atoms with Gasteiger partial charge in [-0.1, -0.05) is 12.1 Å². The summed E-state index contributed by atoms with van der Waals surface area (Å²) < 4.78 is 33.4. The predicted octanol–water partition coefficient (Wildman–Crippen LogP) is 4.03. The number of nitrogen functional groups attached to an aromatic ring is 1. The number of nitrogens with two attached hydrogens (primary N) is 1. The van der Waals surface area contributed by atoms with Gasteiger partial charge in [-0.05, 0) is 48.7 Å². The summed E-state index contributed by atoms with van der Waals surface area (Å²) in [5.74, 6) is -2.10. The molecule has 2 aromatic carbocycles. The molecule has 0 radical (unpaired) electrons. The Kier molecular flexibility index (Phi) is 6.72. The predicted molar refractivity (Wildman–Crippen MR) is 126 cm³/mol. The number of benzene rings is 2. The van der Waals surface area contributed by atoms with Crippen molar-refractivity contribution in [1.29, 1.82) is 0 Å². The second kappa shape index (κ2) is 9.90. The minimum Gasteiger partial charge on any atom is -0.475 e. The molecule has 1 aliphatic heterocycles. The quantitative estimate of drug-likeness (QED) is 0.309. The Balaban J connectivity index is 0.000000384. The fourth-order valence-electron chi connectivity index (χ4n) is 3.54. The molecule has 5 N–H and O–H groups in total. The van der Waals surface area contributed by atoms with Gasteiger partial charge in [-0.15, -0.1) is 0 Å². The summed E-state index contributed by atoms with van der Waals surface area (Å²) in [5, 5.41) is 17.7. The number of carbonyl (C=O) groups is 2. The van der Waals surface area contributed by atoms with Gasteiger partial charge in [0.05, 0.1) is 11.9 Å². The number of anilines is 4. The number of fused-ring (bicyclic) bond motifs is 2. The van der Waals surface area contributed by atoms with E-state index in [0.29, 0.717) is 23.6 Å². The number of carbonyl (C=O) groups excluding carboxylic acids is 1. The lowest BCUT2D eigenvalue weighted by Crippen LogP contribution is -2.21. The third kappa shape index (κ3) is 5.68. The van der Waals surface area contributed by atoms with Crippen molar-refractivity contribution < 1.29 is 27.9 Å². The largest absolute Gasteiger partial charge is 0.490 e. The normalized spacial score (nSPS) is 13.1. The maximum atomic E-state index is 11.8. The lowest BCUT2D eigenvalue weighted by molar-refractivity contribution is -0.192. The van der Waals surface area contributed by atoms with Crippen molar-refractivity contribution in [2.75, 3.05) is 16.4 Å². The molecule has 0 bridgehead atoms. The van der Waals surface area contributed by atoms with E-state index >= 15 is 0 Å². The van der Waals surface area contributed by atoms with Crippen LogP contribution in [0.1, 0.15) is 18.4 Å². The number of rotatable bonds is 3. The van der Waals surface area contributed by atoms with Crippen molar-refractivity contribution in [1.82, 2.24) is 19.6 Å². The molecule has 13 heteroatoms. The lowest BCUT2D eigenvalue weighted by atomic mass is 10.1. The first-order chi connectivity index (χ1) is 17.1. The van der Waals surface area contributed by atoms with Crippen LogP contribution in [0.4, 0.5) is 36.1 Å². The Morgan fingerprint density at radius 1 is 1.17 bits per heavy atom. The molecular formula is C23H20F3N7O3. The Morgan fingerprint density at radius 3 is 2.67 bits per heavy atom. The second-order valence-electron chi connectivity index (χ2n) is 7.83. The fraction of sp³-hybridized carbons (Fsp3) is 0.174. The van der Waals surface area contributed by atoms with Crippen LogP contribution in [-0.2, 0) is 16.0 Å². The molecular weight excluding hydrogens is 479 g/mol. The molecule has 0 atom stereocenters. The lowest BCUT2D eigenvalue weighted by Gasteiger charge is -2.12. The van der Waals surface area contributed by atoms with Gasteiger partial charge in [0.2, 0.25) is 5.91 Å². The minimum absolute atomic E-state index is 0.0612. The molecule has 5 rings (SSSR count). The van der Waals surface area contributed by atoms with Gasteiger partial charge < -0.3 is 21.5 Å². The van der Waals surface area contributed by atoms with E-state index in [1.54, 1.807) is 4.52 Å². The average Bonchev–Trinajstić information content (AvgIpc) is 3.21. The van der Waals surface area contributed by atoms with Crippen LogP contribution in [0.15, 0.2) is 55.0 Å². The highest BCUT2D eigenvalue weighted by Gasteiger charge is 2.38. The summed E-state index contributed by atoms with van der Waals surface area (Å²) >= 11 is 0. The van der Waals surface area contributed by atoms with Crippen LogP contribution in [0.25, 0.3) is 16.9 Å². The number of carboxylic acids is 1. The van der Waals surface area contributed by atoms with E-state index < -0.39 is 12.1 Å². The Hall–Kier alpha value is -4.68. The second-order valence-corrected chi connectivity index (χ2v) is 7.83. The molecule has 0 spiro atoms. The highest BCUT2D eigenvalue weighted by atomic mass is 19.4. The van der Waals surface area contributed by atoms with Crippen LogP contribution >= 0.6 is 0 Å². The number of aryl methyl sites for hydroxylation is 1. The van der Waals surface area contributed by atoms with Crippen LogP contribution in [0.3, 0.4) is 0 Å². The summed E-state index contributed by atoms with van der Waals surface area (Å²) in [6.07, 6.45) is 0.467. The first-order valence-electron chi connectivity index (χ1n) is 10.7. The number of alkyl halides is 3. The Bertz CT molecular complexity index is 1440. The minimum atomic E-state index is -5.08. The number of carboxylic acid groups (broad SMARTS) is 1. The number of nitrogens with one attached hydrogen (secondary N) is 2. The van der Waals surface area contributed by atoms with Gasteiger partial charge >= 0.3 is 12.1 Å². The molecule has 36 heavy (non-hydrogen) atoms. The average molecular weight is 499 g/mol. The van der Waals surface area contributed by atoms with Crippen molar-refractivity contribution in [3.05, 3.63) is 60.6 Å². The molecule has 0 fully saturated rings. The number of aliphatic carboxylic acids is 1. The van der Waals surface area contributed by atoms with Crippen LogP contribution in [0, 0.1) is 0 Å². The van der Waals surface area contributed by atoms with Gasteiger partial charge in [0, 0.05) is 29.0 Å². The first-order valence-corrected chi connectivity index (χ1v) is 10.7. The molecule has 0 saturated carbocycles. The molecule has 1 amide bonds. The van der Waals surface area contributed by atoms with Crippen LogP contribution in [-0.4, -0.2) is 42.7 Å². The SMILES string of the molecule is Nc1cccc(-c2cn3ncnc3c(Nc3ccc4c(c3)CCCC(=O)N4)n2)c1.O=C(O)C(F)(F)F. The van der Waals surface area contributed by atoms with E-state index in [9.17, 15) is 18.0 Å². The molecule has 0 unspecified atom stereocenters. The summed E-state index contributed by atoms with van der Waals surface area (Å²) in [5.41, 5.74) is 11.7. The third-order valence-corrected chi connectivity index (χ3v) is 5.18. The molecule has 10 nitrogen and oxygen atoms in total. The molecule has 0 saturated heterocycles. The van der Waals surface area contributed by atoms with Gasteiger partial charge in [0.1, 0.15) is 6.33 Å². The van der Waals surface area contributed by atoms with Gasteiger partial charge in [-0.3, -0.25) is 4.79 Å². The zero-order valence-electron chi connectivity index (χ0n) is 18.6. The van der Waals surface area contributed by atoms with E-state index in [1.165, 1.54) is 6.33 Å². The Morgan fingerprint density at radius 2 is 1.94 bits per heavy atom. The molecule has 2 aromatic heterocycles. The molecule has 4 aromatic rings. The van der Waals surface area contributed by atoms with Gasteiger partial charge in [0.15, 0.2) is 11.5 Å². The number of aromatic nitrogens is 4. The van der Waals surface area contributed by atoms with Crippen molar-refractivity contribution in [3.8, 4) is 11.3 Å². The smallest absolute Gasteiger partial charge is 0.475 e. The number of halogens is 3. The molecule has 3 heterocycles. The monoisotopic (exact) mass is 499 g/mol. The van der Waals surface area contributed by atoms with Crippen LogP contribution in [0.5, 0.6) is 0 Å². The summed E-state index contributed by atoms with van der Waals surface area (Å²) in [6, 6.07) is 13.4. The van der Waals surface area contributed by atoms with Gasteiger partial charge in [-0.25, -0.2) is 19.3 Å². The van der Waals surface area contributed by atoms with Crippen LogP contribution < -0.4 is 16.4 Å². The van der Waals surface area contributed by atoms with E-state index in [2.05, 4.69) is 20.7 Å². The number of hydrogen-bond acceptors (Lipinski definition) is 7. The third-order valence-electron chi connectivity index (χ3n) is 5.18. The highest BCUT2D eigenvalue weighted by molar-refractivity contribution is 5.92. The summed E-state index contributed by atoms with van der Waals surface area (Å²) in [4.78, 5) is 29.8. The molecule has 186 valence electrons. The Labute approximate surface area is 202 Å². The van der Waals surface area contributed by atoms with Crippen molar-refractivity contribution in [3.63, 3.8) is 0 Å². The zero-order valence-corrected chi connectivity index (χ0v) is 18.6. The van der Waals surface area contributed by atoms with E-state index in [-0.39, 0.29) is 5.91 Å². The van der Waals surface area contributed by atoms with Crippen LogP contribution in [0.2, 0.25) is 0 Å². The fourth-order valence-corrected chi connectivity index (χ4v) is 3.54. The van der Waals surface area contributed by atoms with E-state index in [4.69, 9.17) is 20.6 Å². The number of amides is 1. The van der Waals surface area contributed by atoms with Crippen molar-refractivity contribution >= 4 is 40.4 Å². The molecule has 1 aliphatic rings. The first kappa shape index (κ1) is 24.4. The molecule has 0 aliphatic carbocycles. The van der Waals surface area contributed by atoms with Crippen molar-refractivity contribution in [2.24, 2.45) is 0 Å². The summed E-state index contributed by atoms with van der Waals surface area (Å²) in [6.45, 7) is 0. The summed E-state index contributed by atoms with van der Waals surface area (Å²) in [7, 11) is 0. The topological polar surface area (TPSA) is 148 Å². The van der Waals surface area contributed by atoms with E-state index in [1.807, 2.05) is 48.7 Å². The maximum Gasteiger partial charge on any atom is 0.490 e. The van der Waals surface area contributed by atoms with Gasteiger partial charge in [0.25, 0.3) is 0 Å². The number of nitrogens with zero attached hydrogens (tertiary/aromatic N) is 4. The highest BCUT2D eigenvalue weighted by Crippen LogP contribution is 2.29. The van der Waals surface area contributed by atoms with Gasteiger partial charge in [-0.2, -0.15) is 18.3 Å². The van der Waals surface area contributed by atoms with Crippen molar-refractivity contribution in [2.45, 2.75) is 25.4 Å². The van der Waals surface area contributed by atoms with E-state index in [0.717, 1.165) is 41.0 Å². The standard InChI is InChI=1S/C21H19N7O.C2HF3O2/c22-15-5-1-3-13(9-15)18-11-28-21(23-12-24-28)20(27-18)25-16-7-8-17-14(10-16)4-2-6-19(29)26-17;3-2(4,5)1(6)7/h1,3,5,7-12H,2,4,6,22H2,(H,25,27)(H,26,29);(H,6,7).